The molecule has 0 amide bonds. The van der Waals surface area contributed by atoms with Crippen molar-refractivity contribution >= 4 is 29.6 Å². The van der Waals surface area contributed by atoms with Crippen LogP contribution in [0.3, 0.4) is 0 Å². The summed E-state index contributed by atoms with van der Waals surface area (Å²) in [5.74, 6) is -3.43. The maximum absolute atomic E-state index is 13.4. The zero-order valence-corrected chi connectivity index (χ0v) is 11.5. The summed E-state index contributed by atoms with van der Waals surface area (Å²) < 4.78 is 95.2. The van der Waals surface area contributed by atoms with E-state index in [2.05, 4.69) is 0 Å². The van der Waals surface area contributed by atoms with Crippen molar-refractivity contribution in [2.24, 2.45) is 5.92 Å². The molecule has 0 radical (unpaired) electrons. The fourth-order valence-electron chi connectivity index (χ4n) is 1.63. The van der Waals surface area contributed by atoms with Gasteiger partial charge in [-0.25, -0.2) is 21.2 Å². The SMILES string of the molecule is CC1C(S(=O)(=O)C(F)(F)F)=C(F)C=CC1S(=O)(=O)Cl. The lowest BCUT2D eigenvalue weighted by atomic mass is 10.0. The number of hydrogen-bond donors (Lipinski definition) is 0. The fraction of sp³-hybridized carbons (Fsp3) is 0.500. The molecule has 2 unspecified atom stereocenters. The summed E-state index contributed by atoms with van der Waals surface area (Å²) in [5.41, 5.74) is -5.72. The minimum absolute atomic E-state index is 0.350. The van der Waals surface area contributed by atoms with Crippen LogP contribution in [0.4, 0.5) is 17.6 Å². The van der Waals surface area contributed by atoms with Crippen LogP contribution in [0.1, 0.15) is 6.92 Å². The second kappa shape index (κ2) is 4.74. The molecule has 4 nitrogen and oxygen atoms in total. The van der Waals surface area contributed by atoms with Crippen molar-refractivity contribution in [1.82, 2.24) is 0 Å². The van der Waals surface area contributed by atoms with Gasteiger partial charge < -0.3 is 0 Å². The summed E-state index contributed by atoms with van der Waals surface area (Å²) in [5, 5.41) is -1.75. The van der Waals surface area contributed by atoms with E-state index in [1.165, 1.54) is 0 Å². The Kier molecular flexibility index (Phi) is 4.10. The Balaban J connectivity index is 3.48. The Hall–Kier alpha value is -0.610. The lowest BCUT2D eigenvalue weighted by Gasteiger charge is -2.25. The second-order valence-corrected chi connectivity index (χ2v) is 8.44. The van der Waals surface area contributed by atoms with Crippen molar-refractivity contribution < 1.29 is 34.4 Å². The first-order valence-corrected chi connectivity index (χ1v) is 8.48. The van der Waals surface area contributed by atoms with Crippen LogP contribution in [0.2, 0.25) is 0 Å². The number of rotatable bonds is 2. The number of allylic oxidation sites excluding steroid dienone is 3. The van der Waals surface area contributed by atoms with Gasteiger partial charge in [-0.1, -0.05) is 13.0 Å². The lowest BCUT2D eigenvalue weighted by Crippen LogP contribution is -2.35. The maximum atomic E-state index is 13.4. The van der Waals surface area contributed by atoms with Crippen molar-refractivity contribution in [1.29, 1.82) is 0 Å². The van der Waals surface area contributed by atoms with Gasteiger partial charge in [-0.05, 0) is 6.08 Å². The van der Waals surface area contributed by atoms with Crippen LogP contribution >= 0.6 is 10.7 Å². The van der Waals surface area contributed by atoms with E-state index in [-0.39, 0.29) is 0 Å². The molecular weight excluding hydrogens is 336 g/mol. The minimum Gasteiger partial charge on any atom is -0.215 e. The van der Waals surface area contributed by atoms with Crippen LogP contribution < -0.4 is 0 Å². The van der Waals surface area contributed by atoms with Crippen molar-refractivity contribution in [3.8, 4) is 0 Å². The lowest BCUT2D eigenvalue weighted by molar-refractivity contribution is -0.0429. The number of sulfone groups is 1. The third-order valence-electron chi connectivity index (χ3n) is 2.49. The van der Waals surface area contributed by atoms with Gasteiger partial charge in [-0.2, -0.15) is 13.2 Å². The summed E-state index contributed by atoms with van der Waals surface area (Å²) in [6.07, 6.45) is 1.06. The van der Waals surface area contributed by atoms with Gasteiger partial charge in [0.05, 0.1) is 4.91 Å². The number of alkyl halides is 3. The monoisotopic (exact) mass is 342 g/mol. The predicted octanol–water partition coefficient (Wildman–Crippen LogP) is 2.25. The zero-order valence-electron chi connectivity index (χ0n) is 9.15. The largest absolute Gasteiger partial charge is 0.501 e. The molecule has 2 atom stereocenters. The molecule has 19 heavy (non-hydrogen) atoms. The van der Waals surface area contributed by atoms with E-state index in [1.807, 2.05) is 0 Å². The zero-order chi connectivity index (χ0) is 15.2. The Labute approximate surface area is 111 Å². The van der Waals surface area contributed by atoms with Gasteiger partial charge in [-0.3, -0.25) is 0 Å². The molecule has 1 rings (SSSR count). The van der Waals surface area contributed by atoms with Gasteiger partial charge in [0.1, 0.15) is 11.1 Å². The summed E-state index contributed by atoms with van der Waals surface area (Å²) >= 11 is 0. The maximum Gasteiger partial charge on any atom is 0.501 e. The average Bonchev–Trinajstić information content (AvgIpc) is 2.12. The first-order chi connectivity index (χ1) is 8.30. The normalized spacial score (nSPS) is 25.8. The smallest absolute Gasteiger partial charge is 0.215 e. The topological polar surface area (TPSA) is 68.3 Å². The molecule has 0 heterocycles. The molecule has 1 aliphatic carbocycles. The highest BCUT2D eigenvalue weighted by Crippen LogP contribution is 2.41. The molecule has 0 aromatic heterocycles. The Morgan fingerprint density at radius 2 is 1.68 bits per heavy atom. The van der Waals surface area contributed by atoms with Gasteiger partial charge in [-0.15, -0.1) is 0 Å². The Morgan fingerprint density at radius 1 is 1.21 bits per heavy atom. The molecule has 0 N–H and O–H groups in total. The summed E-state index contributed by atoms with van der Waals surface area (Å²) in [4.78, 5) is -1.63. The molecular formula is C8H7ClF4O4S2. The molecule has 0 aromatic carbocycles. The molecule has 0 aromatic rings. The van der Waals surface area contributed by atoms with Crippen molar-refractivity contribution in [3.05, 3.63) is 22.9 Å². The van der Waals surface area contributed by atoms with Crippen LogP contribution in [-0.2, 0) is 18.9 Å². The van der Waals surface area contributed by atoms with Gasteiger partial charge in [0.2, 0.25) is 9.05 Å². The van der Waals surface area contributed by atoms with Crippen LogP contribution in [-0.4, -0.2) is 27.6 Å². The van der Waals surface area contributed by atoms with E-state index >= 15 is 0 Å². The molecule has 110 valence electrons. The quantitative estimate of drug-likeness (QED) is 0.570. The van der Waals surface area contributed by atoms with E-state index < -0.39 is 46.3 Å². The van der Waals surface area contributed by atoms with Crippen LogP contribution in [0, 0.1) is 5.92 Å². The molecule has 0 saturated heterocycles. The number of hydrogen-bond acceptors (Lipinski definition) is 4. The van der Waals surface area contributed by atoms with Gasteiger partial charge in [0.25, 0.3) is 9.84 Å². The fourth-order valence-corrected chi connectivity index (χ4v) is 4.46. The second-order valence-electron chi connectivity index (χ2n) is 3.75. The summed E-state index contributed by atoms with van der Waals surface area (Å²) in [6, 6.07) is 0. The highest BCUT2D eigenvalue weighted by atomic mass is 35.7. The van der Waals surface area contributed by atoms with E-state index in [4.69, 9.17) is 10.7 Å². The third-order valence-corrected chi connectivity index (χ3v) is 6.08. The van der Waals surface area contributed by atoms with Gasteiger partial charge in [0, 0.05) is 16.6 Å². The van der Waals surface area contributed by atoms with Crippen molar-refractivity contribution in [2.45, 2.75) is 17.7 Å². The molecule has 11 heteroatoms. The van der Waals surface area contributed by atoms with Crippen LogP contribution in [0.25, 0.3) is 0 Å². The van der Waals surface area contributed by atoms with E-state index in [0.717, 1.165) is 6.92 Å². The molecule has 1 aliphatic rings. The molecule has 0 spiro atoms. The predicted molar refractivity (Wildman–Crippen MR) is 60.0 cm³/mol. The first kappa shape index (κ1) is 16.4. The van der Waals surface area contributed by atoms with E-state index in [1.54, 1.807) is 0 Å². The minimum atomic E-state index is -5.96. The standard InChI is InChI=1S/C8H7ClF4O4S2/c1-4-6(19(9,16)17)3-2-5(10)7(4)18(14,15)8(11,12)13/h2-4,6H,1H3. The number of halogens is 5. The van der Waals surface area contributed by atoms with E-state index in [0.29, 0.717) is 12.2 Å². The molecule has 0 saturated carbocycles. The average molecular weight is 343 g/mol. The summed E-state index contributed by atoms with van der Waals surface area (Å²) in [7, 11) is -5.36. The first-order valence-electron chi connectivity index (χ1n) is 4.63. The third kappa shape index (κ3) is 2.95. The summed E-state index contributed by atoms with van der Waals surface area (Å²) in [6.45, 7) is 0.840. The van der Waals surface area contributed by atoms with E-state index in [9.17, 15) is 34.4 Å². The van der Waals surface area contributed by atoms with Crippen molar-refractivity contribution in [3.63, 3.8) is 0 Å². The Bertz CT molecular complexity index is 645. The Morgan fingerprint density at radius 3 is 2.05 bits per heavy atom. The molecule has 0 aliphatic heterocycles. The molecule has 0 fully saturated rings. The van der Waals surface area contributed by atoms with Crippen LogP contribution in [0.15, 0.2) is 22.9 Å². The van der Waals surface area contributed by atoms with Crippen LogP contribution in [0.5, 0.6) is 0 Å². The molecule has 0 bridgehead atoms. The van der Waals surface area contributed by atoms with Gasteiger partial charge >= 0.3 is 5.51 Å². The van der Waals surface area contributed by atoms with Gasteiger partial charge in [0.15, 0.2) is 0 Å². The van der Waals surface area contributed by atoms with Crippen molar-refractivity contribution in [2.75, 3.05) is 0 Å². The highest BCUT2D eigenvalue weighted by Gasteiger charge is 2.53. The highest BCUT2D eigenvalue weighted by molar-refractivity contribution is 8.14.